The van der Waals surface area contributed by atoms with Gasteiger partial charge in [-0.15, -0.1) is 11.3 Å². The van der Waals surface area contributed by atoms with E-state index < -0.39 is 29.9 Å². The largest absolute Gasteiger partial charge is 0.418 e. The number of aliphatic hydroxyl groups is 1. The van der Waals surface area contributed by atoms with Crippen LogP contribution in [0.15, 0.2) is 28.5 Å². The van der Waals surface area contributed by atoms with Gasteiger partial charge in [0, 0.05) is 36.8 Å². The molecule has 4 aromatic rings. The number of amides is 2. The fourth-order valence-corrected chi connectivity index (χ4v) is 4.71. The number of alkyl halides is 3. The van der Waals surface area contributed by atoms with Crippen molar-refractivity contribution in [1.29, 1.82) is 0 Å². The Morgan fingerprint density at radius 3 is 2.72 bits per heavy atom. The van der Waals surface area contributed by atoms with Gasteiger partial charge >= 0.3 is 6.18 Å². The number of aryl methyl sites for hydroxylation is 2. The van der Waals surface area contributed by atoms with Gasteiger partial charge in [-0.1, -0.05) is 5.16 Å². The highest BCUT2D eigenvalue weighted by molar-refractivity contribution is 7.13. The van der Waals surface area contributed by atoms with E-state index in [1.165, 1.54) is 41.3 Å². The number of imidazole rings is 1. The Bertz CT molecular complexity index is 1560. The number of nitrogens with one attached hydrogen (secondary N) is 1. The van der Waals surface area contributed by atoms with Gasteiger partial charge in [-0.2, -0.15) is 18.2 Å². The summed E-state index contributed by atoms with van der Waals surface area (Å²) in [5.41, 5.74) is -0.804. The molecular weight excluding hydrogens is 543 g/mol. The number of aliphatic hydroxyl groups excluding tert-OH is 1. The minimum Gasteiger partial charge on any atom is -0.356 e. The highest BCUT2D eigenvalue weighted by Crippen LogP contribution is 2.35. The highest BCUT2D eigenvalue weighted by Gasteiger charge is 2.39. The predicted molar refractivity (Wildman–Crippen MR) is 129 cm³/mol. The second-order valence-electron chi connectivity index (χ2n) is 8.61. The molecule has 13 nitrogen and oxygen atoms in total. The van der Waals surface area contributed by atoms with Crippen LogP contribution in [0.3, 0.4) is 0 Å². The van der Waals surface area contributed by atoms with E-state index in [2.05, 4.69) is 30.4 Å². The van der Waals surface area contributed by atoms with Crippen molar-refractivity contribution >= 4 is 34.8 Å². The molecule has 39 heavy (non-hydrogen) atoms. The third-order valence-corrected chi connectivity index (χ3v) is 6.74. The van der Waals surface area contributed by atoms with Crippen molar-refractivity contribution < 1.29 is 32.4 Å². The van der Waals surface area contributed by atoms with Crippen LogP contribution in [-0.2, 0) is 24.1 Å². The van der Waals surface area contributed by atoms with Gasteiger partial charge in [0.25, 0.3) is 5.91 Å². The van der Waals surface area contributed by atoms with Crippen LogP contribution in [0.5, 0.6) is 0 Å². The summed E-state index contributed by atoms with van der Waals surface area (Å²) in [4.78, 5) is 44.7. The Hall–Kier alpha value is -4.38. The molecule has 0 saturated heterocycles. The molecule has 1 atom stereocenters. The standard InChI is InChI=1S/C22H20F3N9O4S/c1-10-13(22(23,24)25)4-12(5-26-10)19-30-15(8-39-19)29-16(35)7-33-9-27-18-17(33)20(36)34(21(37)32(18)3)6-14-28-11(2)38-31-14/h4-5,8-9,21,37H,6-7H2,1-3H3,(H,29,35). The first-order chi connectivity index (χ1) is 18.4. The first kappa shape index (κ1) is 26.2. The molecule has 5 heterocycles. The topological polar surface area (TPSA) is 155 Å². The maximum atomic E-state index is 13.3. The molecule has 1 unspecified atom stereocenters. The lowest BCUT2D eigenvalue weighted by atomic mass is 10.1. The monoisotopic (exact) mass is 563 g/mol. The molecule has 0 bridgehead atoms. The number of rotatable bonds is 6. The first-order valence-corrected chi connectivity index (χ1v) is 12.2. The fourth-order valence-electron chi connectivity index (χ4n) is 3.98. The minimum absolute atomic E-state index is 0.0579. The zero-order valence-corrected chi connectivity index (χ0v) is 21.4. The second-order valence-corrected chi connectivity index (χ2v) is 9.46. The van der Waals surface area contributed by atoms with Crippen molar-refractivity contribution in [2.75, 3.05) is 17.3 Å². The molecule has 2 N–H and O–H groups in total. The van der Waals surface area contributed by atoms with Gasteiger partial charge in [0.1, 0.15) is 17.4 Å². The van der Waals surface area contributed by atoms with Gasteiger partial charge in [0.05, 0.1) is 18.4 Å². The van der Waals surface area contributed by atoms with Gasteiger partial charge in [0.15, 0.2) is 17.3 Å². The average molecular weight is 564 g/mol. The lowest BCUT2D eigenvalue weighted by Gasteiger charge is -2.37. The van der Waals surface area contributed by atoms with Crippen LogP contribution in [0, 0.1) is 13.8 Å². The zero-order chi connectivity index (χ0) is 28.1. The zero-order valence-electron chi connectivity index (χ0n) is 20.6. The van der Waals surface area contributed by atoms with Crippen LogP contribution in [0.25, 0.3) is 10.6 Å². The molecule has 0 aromatic carbocycles. The molecule has 0 saturated carbocycles. The van der Waals surface area contributed by atoms with Crippen molar-refractivity contribution in [3.05, 3.63) is 52.6 Å². The van der Waals surface area contributed by atoms with Crippen LogP contribution in [0.2, 0.25) is 0 Å². The molecule has 2 amide bonds. The van der Waals surface area contributed by atoms with Crippen LogP contribution in [0.4, 0.5) is 24.8 Å². The number of hydrogen-bond donors (Lipinski definition) is 2. The number of pyridine rings is 1. The Balaban J connectivity index is 1.32. The Labute approximate surface area is 221 Å². The molecule has 17 heteroatoms. The van der Waals surface area contributed by atoms with E-state index in [0.29, 0.717) is 5.89 Å². The molecule has 1 aliphatic rings. The number of fused-ring (bicyclic) bond motifs is 1. The fraction of sp³-hybridized carbons (Fsp3) is 0.318. The predicted octanol–water partition coefficient (Wildman–Crippen LogP) is 2.43. The highest BCUT2D eigenvalue weighted by atomic mass is 32.1. The number of carbonyl (C=O) groups is 2. The summed E-state index contributed by atoms with van der Waals surface area (Å²) in [5.74, 6) is -0.394. The summed E-state index contributed by atoms with van der Waals surface area (Å²) < 4.78 is 46.0. The third-order valence-electron chi connectivity index (χ3n) is 5.85. The quantitative estimate of drug-likeness (QED) is 0.357. The second kappa shape index (κ2) is 9.73. The first-order valence-electron chi connectivity index (χ1n) is 11.3. The van der Waals surface area contributed by atoms with Crippen LogP contribution in [-0.4, -0.2) is 64.9 Å². The molecule has 204 valence electrons. The van der Waals surface area contributed by atoms with E-state index in [9.17, 15) is 27.9 Å². The SMILES string of the molecule is Cc1nc(CN2C(=O)c3c(ncn3CC(=O)Nc3csc(-c4cnc(C)c(C(F)(F)F)c4)n3)N(C)C2O)no1. The van der Waals surface area contributed by atoms with Crippen molar-refractivity contribution in [2.24, 2.45) is 0 Å². The maximum absolute atomic E-state index is 13.3. The molecule has 5 rings (SSSR count). The number of aromatic nitrogens is 6. The van der Waals surface area contributed by atoms with E-state index in [-0.39, 0.29) is 52.5 Å². The summed E-state index contributed by atoms with van der Waals surface area (Å²) in [6.45, 7) is 2.38. The Kier molecular flexibility index (Phi) is 6.55. The summed E-state index contributed by atoms with van der Waals surface area (Å²) in [6, 6.07) is 0.961. The number of hydrogen-bond acceptors (Lipinski definition) is 11. The number of carbonyl (C=O) groups excluding carboxylic acids is 2. The van der Waals surface area contributed by atoms with E-state index in [1.54, 1.807) is 6.92 Å². The van der Waals surface area contributed by atoms with Crippen LogP contribution < -0.4 is 10.2 Å². The van der Waals surface area contributed by atoms with Gasteiger partial charge in [-0.3, -0.25) is 19.5 Å². The lowest BCUT2D eigenvalue weighted by molar-refractivity contribution is -0.138. The minimum atomic E-state index is -4.56. The van der Waals surface area contributed by atoms with Crippen molar-refractivity contribution in [3.8, 4) is 10.6 Å². The molecular formula is C22H20F3N9O4S. The van der Waals surface area contributed by atoms with Crippen molar-refractivity contribution in [2.45, 2.75) is 39.5 Å². The number of nitrogens with zero attached hydrogens (tertiary/aromatic N) is 8. The number of thiazole rings is 1. The average Bonchev–Trinajstić information content (AvgIpc) is 3.60. The number of anilines is 2. The van der Waals surface area contributed by atoms with Crippen LogP contribution >= 0.6 is 11.3 Å². The van der Waals surface area contributed by atoms with E-state index in [4.69, 9.17) is 4.52 Å². The Morgan fingerprint density at radius 1 is 1.26 bits per heavy atom. The van der Waals surface area contributed by atoms with Crippen molar-refractivity contribution in [3.63, 3.8) is 0 Å². The Morgan fingerprint density at radius 2 is 2.03 bits per heavy atom. The maximum Gasteiger partial charge on any atom is 0.418 e. The summed E-state index contributed by atoms with van der Waals surface area (Å²) in [5, 5.41) is 18.7. The van der Waals surface area contributed by atoms with E-state index >= 15 is 0 Å². The van der Waals surface area contributed by atoms with Gasteiger partial charge in [-0.25, -0.2) is 9.97 Å². The number of halogens is 3. The van der Waals surface area contributed by atoms with Gasteiger partial charge in [-0.05, 0) is 13.0 Å². The molecule has 0 radical (unpaired) electrons. The molecule has 0 aliphatic carbocycles. The van der Waals surface area contributed by atoms with Crippen LogP contribution in [0.1, 0.15) is 33.5 Å². The molecule has 4 aromatic heterocycles. The van der Waals surface area contributed by atoms with E-state index in [0.717, 1.165) is 22.3 Å². The summed E-state index contributed by atoms with van der Waals surface area (Å²) in [6.07, 6.45) is -3.35. The molecule has 0 fully saturated rings. The summed E-state index contributed by atoms with van der Waals surface area (Å²) >= 11 is 1.04. The smallest absolute Gasteiger partial charge is 0.356 e. The van der Waals surface area contributed by atoms with E-state index in [1.807, 2.05) is 0 Å². The molecule has 1 aliphatic heterocycles. The normalized spacial score (nSPS) is 15.6. The molecule has 0 spiro atoms. The summed E-state index contributed by atoms with van der Waals surface area (Å²) in [7, 11) is 1.53. The van der Waals surface area contributed by atoms with Gasteiger partial charge < -0.3 is 24.4 Å². The van der Waals surface area contributed by atoms with Gasteiger partial charge in [0.2, 0.25) is 18.1 Å². The van der Waals surface area contributed by atoms with Crippen molar-refractivity contribution in [1.82, 2.24) is 34.6 Å². The third kappa shape index (κ3) is 5.05. The lowest BCUT2D eigenvalue weighted by Crippen LogP contribution is -2.54.